The van der Waals surface area contributed by atoms with Crippen LogP contribution in [0.15, 0.2) is 73.3 Å². The number of nitrogens with one attached hydrogen (secondary N) is 3. The van der Waals surface area contributed by atoms with Gasteiger partial charge >= 0.3 is 6.01 Å². The molecule has 1 aromatic heterocycles. The molecule has 0 saturated heterocycles. The number of aromatic nitrogens is 1. The van der Waals surface area contributed by atoms with Crippen LogP contribution in [0.5, 0.6) is 0 Å². The zero-order valence-corrected chi connectivity index (χ0v) is 23.8. The average molecular weight is 548 g/mol. The van der Waals surface area contributed by atoms with Crippen LogP contribution in [0.2, 0.25) is 5.02 Å². The highest BCUT2D eigenvalue weighted by molar-refractivity contribution is 6.31. The Morgan fingerprint density at radius 1 is 1.23 bits per heavy atom. The van der Waals surface area contributed by atoms with Crippen molar-refractivity contribution in [2.45, 2.75) is 47.1 Å². The molecule has 5 N–H and O–H groups in total. The van der Waals surface area contributed by atoms with E-state index in [2.05, 4.69) is 32.9 Å². The summed E-state index contributed by atoms with van der Waals surface area (Å²) in [4.78, 5) is 27.2. The molecule has 10 heteroatoms. The van der Waals surface area contributed by atoms with E-state index >= 15 is 0 Å². The molecule has 1 aliphatic heterocycles. The average Bonchev–Trinajstić information content (AvgIpc) is 3.30. The summed E-state index contributed by atoms with van der Waals surface area (Å²) in [6.45, 7) is 9.73. The lowest BCUT2D eigenvalue weighted by atomic mass is 9.94. The molecule has 1 unspecified atom stereocenters. The number of amides is 1. The maximum Gasteiger partial charge on any atom is 0.302 e. The van der Waals surface area contributed by atoms with Crippen molar-refractivity contribution in [3.63, 3.8) is 0 Å². The quantitative estimate of drug-likeness (QED) is 0.302. The van der Waals surface area contributed by atoms with Gasteiger partial charge < -0.3 is 20.8 Å². The summed E-state index contributed by atoms with van der Waals surface area (Å²) < 4.78 is 6.01. The summed E-state index contributed by atoms with van der Waals surface area (Å²) in [5, 5.41) is 9.84. The van der Waals surface area contributed by atoms with E-state index in [1.807, 2.05) is 57.2 Å². The number of aliphatic imine (C=N–C) groups is 2. The molecule has 0 fully saturated rings. The Bertz CT molecular complexity index is 1540. The zero-order chi connectivity index (χ0) is 28.3. The van der Waals surface area contributed by atoms with E-state index in [9.17, 15) is 4.79 Å². The molecular weight excluding hydrogens is 514 g/mol. The van der Waals surface area contributed by atoms with E-state index in [1.165, 1.54) is 0 Å². The molecule has 2 heterocycles. The van der Waals surface area contributed by atoms with Crippen LogP contribution in [-0.4, -0.2) is 36.2 Å². The number of hydrogen-bond acceptors (Lipinski definition) is 8. The number of allylic oxidation sites excluding steroid dienone is 2. The van der Waals surface area contributed by atoms with E-state index in [4.69, 9.17) is 26.7 Å². The number of guanidine groups is 1. The van der Waals surface area contributed by atoms with Gasteiger partial charge in [0.2, 0.25) is 5.96 Å². The predicted molar refractivity (Wildman–Crippen MR) is 158 cm³/mol. The fourth-order valence-electron chi connectivity index (χ4n) is 4.50. The standard InChI is InChI=1S/C29H34ClN7O2/c1-7-19-9-8-10-23-26(19)39-29(35-23)37-28-34-18(5)24(25(36-28)20-12-11-15(2)13-22(20)30)27(38)33-14-21(16(3)31)17(4)32-6/h8-13,25H,7,14,31H2,1-6H3,(H,33,38)(H2,34,35,36,37). The molecule has 1 atom stereocenters. The number of rotatable bonds is 7. The van der Waals surface area contributed by atoms with Gasteiger partial charge in [-0.2, -0.15) is 4.98 Å². The third kappa shape index (κ3) is 5.98. The van der Waals surface area contributed by atoms with Gasteiger partial charge in [0, 0.05) is 46.9 Å². The highest BCUT2D eigenvalue weighted by Gasteiger charge is 2.31. The Balaban J connectivity index is 1.68. The van der Waals surface area contributed by atoms with Crippen molar-refractivity contribution in [1.82, 2.24) is 15.6 Å². The highest BCUT2D eigenvalue weighted by atomic mass is 35.5. The first-order valence-electron chi connectivity index (χ1n) is 12.8. The second-order valence-electron chi connectivity index (χ2n) is 9.49. The number of anilines is 1. The van der Waals surface area contributed by atoms with Crippen LogP contribution in [0.4, 0.5) is 6.01 Å². The number of carbonyl (C=O) groups excluding carboxylic acids is 1. The summed E-state index contributed by atoms with van der Waals surface area (Å²) in [5.41, 5.74) is 13.5. The first-order chi connectivity index (χ1) is 18.6. The number of hydrogen-bond donors (Lipinski definition) is 4. The van der Waals surface area contributed by atoms with E-state index in [1.54, 1.807) is 14.0 Å². The Morgan fingerprint density at radius 2 is 2.00 bits per heavy atom. The molecule has 0 spiro atoms. The van der Waals surface area contributed by atoms with Crippen LogP contribution >= 0.6 is 11.6 Å². The zero-order valence-electron chi connectivity index (χ0n) is 23.1. The first kappa shape index (κ1) is 27.9. The summed E-state index contributed by atoms with van der Waals surface area (Å²) in [6, 6.07) is 11.2. The lowest BCUT2D eigenvalue weighted by molar-refractivity contribution is -0.117. The molecule has 0 radical (unpaired) electrons. The number of para-hydroxylation sites is 1. The minimum atomic E-state index is -0.676. The normalized spacial score (nSPS) is 16.5. The van der Waals surface area contributed by atoms with Crippen molar-refractivity contribution < 1.29 is 9.21 Å². The minimum absolute atomic E-state index is 0.229. The second-order valence-corrected chi connectivity index (χ2v) is 9.89. The van der Waals surface area contributed by atoms with Crippen molar-refractivity contribution in [1.29, 1.82) is 0 Å². The Labute approximate surface area is 233 Å². The number of fused-ring (bicyclic) bond motifs is 1. The molecule has 204 valence electrons. The van der Waals surface area contributed by atoms with Gasteiger partial charge in [-0.15, -0.1) is 0 Å². The fourth-order valence-corrected chi connectivity index (χ4v) is 4.84. The molecule has 1 amide bonds. The van der Waals surface area contributed by atoms with Gasteiger partial charge in [-0.05, 0) is 57.4 Å². The molecule has 0 saturated carbocycles. The molecule has 1 aliphatic rings. The second kappa shape index (κ2) is 11.7. The smallest absolute Gasteiger partial charge is 0.302 e. The topological polar surface area (TPSA) is 130 Å². The fraction of sp³-hybridized carbons (Fsp3) is 0.310. The lowest BCUT2D eigenvalue weighted by Gasteiger charge is -2.27. The van der Waals surface area contributed by atoms with Crippen LogP contribution in [0.3, 0.4) is 0 Å². The molecular formula is C29H34ClN7O2. The number of nitrogens with two attached hydrogens (primary N) is 1. The predicted octanol–water partition coefficient (Wildman–Crippen LogP) is 5.18. The van der Waals surface area contributed by atoms with E-state index in [0.717, 1.165) is 39.9 Å². The van der Waals surface area contributed by atoms with E-state index in [0.29, 0.717) is 39.5 Å². The van der Waals surface area contributed by atoms with Gasteiger partial charge in [0.25, 0.3) is 5.91 Å². The number of aryl methyl sites for hydroxylation is 2. The molecule has 3 aromatic rings. The highest BCUT2D eigenvalue weighted by Crippen LogP contribution is 2.35. The van der Waals surface area contributed by atoms with Crippen molar-refractivity contribution >= 4 is 46.3 Å². The number of halogens is 1. The van der Waals surface area contributed by atoms with E-state index in [-0.39, 0.29) is 12.5 Å². The maximum absolute atomic E-state index is 13.6. The molecule has 0 aliphatic carbocycles. The number of oxazole rings is 1. The molecule has 0 bridgehead atoms. The van der Waals surface area contributed by atoms with Crippen LogP contribution in [0, 0.1) is 6.92 Å². The SMILES string of the molecule is CCc1cccc2nc(NC3=NC(c4ccc(C)cc4Cl)C(C(=O)NCC(C(C)=NC)=C(C)N)=C(C)N3)oc12. The summed E-state index contributed by atoms with van der Waals surface area (Å²) >= 11 is 6.67. The van der Waals surface area contributed by atoms with Crippen LogP contribution in [0.1, 0.15) is 50.4 Å². The van der Waals surface area contributed by atoms with Gasteiger partial charge in [0.1, 0.15) is 11.6 Å². The van der Waals surface area contributed by atoms with Gasteiger partial charge in [0.15, 0.2) is 5.58 Å². The summed E-state index contributed by atoms with van der Waals surface area (Å²) in [5.74, 6) is 0.101. The van der Waals surface area contributed by atoms with Gasteiger partial charge in [-0.1, -0.05) is 42.8 Å². The molecule has 39 heavy (non-hydrogen) atoms. The number of nitrogens with zero attached hydrogens (tertiary/aromatic N) is 3. The monoisotopic (exact) mass is 547 g/mol. The number of benzene rings is 2. The molecule has 9 nitrogen and oxygen atoms in total. The largest absolute Gasteiger partial charge is 0.423 e. The molecule has 2 aromatic carbocycles. The third-order valence-corrected chi connectivity index (χ3v) is 7.04. The first-order valence-corrected chi connectivity index (χ1v) is 13.1. The van der Waals surface area contributed by atoms with Crippen LogP contribution < -0.4 is 21.7 Å². The number of carbonyl (C=O) groups is 1. The Hall–Kier alpha value is -4.11. The maximum atomic E-state index is 13.6. The van der Waals surface area contributed by atoms with Crippen molar-refractivity contribution in [3.05, 3.63) is 80.7 Å². The van der Waals surface area contributed by atoms with Crippen molar-refractivity contribution in [2.24, 2.45) is 15.7 Å². The van der Waals surface area contributed by atoms with Gasteiger partial charge in [0.05, 0.1) is 5.57 Å². The van der Waals surface area contributed by atoms with Crippen LogP contribution in [0.25, 0.3) is 11.1 Å². The lowest BCUT2D eigenvalue weighted by Crippen LogP contribution is -2.40. The van der Waals surface area contributed by atoms with Gasteiger partial charge in [-0.25, -0.2) is 4.99 Å². The third-order valence-electron chi connectivity index (χ3n) is 6.71. The van der Waals surface area contributed by atoms with Crippen molar-refractivity contribution in [2.75, 3.05) is 18.9 Å². The summed E-state index contributed by atoms with van der Waals surface area (Å²) in [7, 11) is 1.69. The Morgan fingerprint density at radius 3 is 2.67 bits per heavy atom. The van der Waals surface area contributed by atoms with Crippen LogP contribution in [-0.2, 0) is 11.2 Å². The van der Waals surface area contributed by atoms with Gasteiger partial charge in [-0.3, -0.25) is 15.1 Å². The van der Waals surface area contributed by atoms with E-state index < -0.39 is 6.04 Å². The summed E-state index contributed by atoms with van der Waals surface area (Å²) in [6.07, 6.45) is 0.823. The minimum Gasteiger partial charge on any atom is -0.423 e. The molecule has 4 rings (SSSR count). The van der Waals surface area contributed by atoms with Crippen molar-refractivity contribution in [3.8, 4) is 0 Å². The Kier molecular flexibility index (Phi) is 8.40.